The Bertz CT molecular complexity index is 590. The van der Waals surface area contributed by atoms with E-state index in [9.17, 15) is 4.79 Å². The van der Waals surface area contributed by atoms with Gasteiger partial charge in [-0.25, -0.2) is 0 Å². The van der Waals surface area contributed by atoms with E-state index in [1.54, 1.807) is 16.7 Å². The predicted octanol–water partition coefficient (Wildman–Crippen LogP) is 3.58. The Morgan fingerprint density at radius 1 is 1.33 bits per heavy atom. The normalized spacial score (nSPS) is 12.2. The van der Waals surface area contributed by atoms with E-state index in [4.69, 9.17) is 4.52 Å². The Kier molecular flexibility index (Phi) is 5.07. The minimum Gasteiger partial charge on any atom is -0.361 e. The topological polar surface area (TPSA) is 46.3 Å². The standard InChI is InChI=1S/C16H20N2O2S/c1-11-15(12(2)20-17-11)10-21-13(3)16(19)18(4)14-8-6-5-7-9-14/h5-9,13H,10H2,1-4H3/t13-/m0/s1. The molecule has 1 aromatic carbocycles. The molecule has 0 N–H and O–H groups in total. The number of aromatic nitrogens is 1. The van der Waals surface area contributed by atoms with Crippen LogP contribution in [0.2, 0.25) is 0 Å². The third-order valence-corrected chi connectivity index (χ3v) is 4.64. The molecule has 0 bridgehead atoms. The molecule has 0 saturated heterocycles. The number of rotatable bonds is 5. The van der Waals surface area contributed by atoms with Crippen molar-refractivity contribution in [1.82, 2.24) is 5.16 Å². The number of carbonyl (C=O) groups excluding carboxylic acids is 1. The first-order chi connectivity index (χ1) is 10.0. The van der Waals surface area contributed by atoms with Crippen molar-refractivity contribution in [3.05, 3.63) is 47.3 Å². The highest BCUT2D eigenvalue weighted by molar-refractivity contribution is 7.99. The van der Waals surface area contributed by atoms with E-state index >= 15 is 0 Å². The molecule has 1 aromatic heterocycles. The summed E-state index contributed by atoms with van der Waals surface area (Å²) in [7, 11) is 1.81. The molecule has 1 heterocycles. The Morgan fingerprint density at radius 3 is 2.57 bits per heavy atom. The Balaban J connectivity index is 1.97. The van der Waals surface area contributed by atoms with Crippen molar-refractivity contribution in [2.45, 2.75) is 31.8 Å². The summed E-state index contributed by atoms with van der Waals surface area (Å²) in [5, 5.41) is 3.82. The molecular weight excluding hydrogens is 284 g/mol. The van der Waals surface area contributed by atoms with Crippen molar-refractivity contribution in [1.29, 1.82) is 0 Å². The lowest BCUT2D eigenvalue weighted by molar-refractivity contribution is -0.117. The van der Waals surface area contributed by atoms with Gasteiger partial charge in [0.2, 0.25) is 5.91 Å². The molecule has 0 fully saturated rings. The Morgan fingerprint density at radius 2 is 2.00 bits per heavy atom. The lowest BCUT2D eigenvalue weighted by atomic mass is 10.2. The first-order valence-electron chi connectivity index (χ1n) is 6.86. The molecule has 0 aliphatic heterocycles. The van der Waals surface area contributed by atoms with Gasteiger partial charge < -0.3 is 9.42 Å². The van der Waals surface area contributed by atoms with Crippen LogP contribution < -0.4 is 4.90 Å². The van der Waals surface area contributed by atoms with Gasteiger partial charge in [-0.1, -0.05) is 23.4 Å². The van der Waals surface area contributed by atoms with Crippen LogP contribution in [0, 0.1) is 13.8 Å². The van der Waals surface area contributed by atoms with E-state index in [2.05, 4.69) is 5.16 Å². The third kappa shape index (κ3) is 3.67. The van der Waals surface area contributed by atoms with Crippen molar-refractivity contribution < 1.29 is 9.32 Å². The first kappa shape index (κ1) is 15.6. The maximum absolute atomic E-state index is 12.4. The maximum atomic E-state index is 12.4. The van der Waals surface area contributed by atoms with Gasteiger partial charge in [-0.3, -0.25) is 4.79 Å². The van der Waals surface area contributed by atoms with Gasteiger partial charge in [0, 0.05) is 24.1 Å². The molecule has 0 radical (unpaired) electrons. The summed E-state index contributed by atoms with van der Waals surface area (Å²) in [5.74, 6) is 1.66. The highest BCUT2D eigenvalue weighted by atomic mass is 32.2. The van der Waals surface area contributed by atoms with Crippen LogP contribution in [-0.2, 0) is 10.5 Å². The smallest absolute Gasteiger partial charge is 0.239 e. The van der Waals surface area contributed by atoms with E-state index in [0.717, 1.165) is 28.5 Å². The molecule has 112 valence electrons. The van der Waals surface area contributed by atoms with Gasteiger partial charge in [-0.15, -0.1) is 11.8 Å². The van der Waals surface area contributed by atoms with E-state index in [0.29, 0.717) is 0 Å². The number of para-hydroxylation sites is 1. The number of benzene rings is 1. The van der Waals surface area contributed by atoms with E-state index in [-0.39, 0.29) is 11.2 Å². The summed E-state index contributed by atoms with van der Waals surface area (Å²) in [6, 6.07) is 9.67. The number of thioether (sulfide) groups is 1. The monoisotopic (exact) mass is 304 g/mol. The predicted molar refractivity (Wildman–Crippen MR) is 86.6 cm³/mol. The molecule has 2 rings (SSSR count). The number of anilines is 1. The number of aryl methyl sites for hydroxylation is 2. The van der Waals surface area contributed by atoms with Gasteiger partial charge in [0.1, 0.15) is 5.76 Å². The molecule has 4 nitrogen and oxygen atoms in total. The molecule has 2 aromatic rings. The van der Waals surface area contributed by atoms with Crippen molar-refractivity contribution in [3.8, 4) is 0 Å². The fourth-order valence-electron chi connectivity index (χ4n) is 2.04. The van der Waals surface area contributed by atoms with Crippen LogP contribution in [0.15, 0.2) is 34.9 Å². The second-order valence-electron chi connectivity index (χ2n) is 4.99. The zero-order valence-corrected chi connectivity index (χ0v) is 13.6. The highest BCUT2D eigenvalue weighted by Gasteiger charge is 2.20. The summed E-state index contributed by atoms with van der Waals surface area (Å²) in [5.41, 5.74) is 2.89. The lowest BCUT2D eigenvalue weighted by Crippen LogP contribution is -2.33. The van der Waals surface area contributed by atoms with Crippen molar-refractivity contribution in [2.24, 2.45) is 0 Å². The highest BCUT2D eigenvalue weighted by Crippen LogP contribution is 2.24. The van der Waals surface area contributed by atoms with Crippen LogP contribution in [-0.4, -0.2) is 23.4 Å². The largest absolute Gasteiger partial charge is 0.361 e. The summed E-state index contributed by atoms with van der Waals surface area (Å²) in [6.07, 6.45) is 0. The van der Waals surface area contributed by atoms with Gasteiger partial charge in [0.05, 0.1) is 10.9 Å². The van der Waals surface area contributed by atoms with Gasteiger partial charge in [0.15, 0.2) is 0 Å². The van der Waals surface area contributed by atoms with Crippen LogP contribution in [0.5, 0.6) is 0 Å². The van der Waals surface area contributed by atoms with Gasteiger partial charge >= 0.3 is 0 Å². The maximum Gasteiger partial charge on any atom is 0.239 e. The number of nitrogens with zero attached hydrogens (tertiary/aromatic N) is 2. The molecule has 5 heteroatoms. The summed E-state index contributed by atoms with van der Waals surface area (Å²) in [6.45, 7) is 5.76. The average molecular weight is 304 g/mol. The van der Waals surface area contributed by atoms with Crippen molar-refractivity contribution in [2.75, 3.05) is 11.9 Å². The zero-order chi connectivity index (χ0) is 15.4. The average Bonchev–Trinajstić information content (AvgIpc) is 2.83. The lowest BCUT2D eigenvalue weighted by Gasteiger charge is -2.21. The van der Waals surface area contributed by atoms with E-state index in [1.807, 2.05) is 58.2 Å². The van der Waals surface area contributed by atoms with E-state index < -0.39 is 0 Å². The molecular formula is C16H20N2O2S. The number of hydrogen-bond acceptors (Lipinski definition) is 4. The molecule has 0 aliphatic rings. The fourth-order valence-corrected chi connectivity index (χ4v) is 3.17. The second-order valence-corrected chi connectivity index (χ2v) is 6.32. The van der Waals surface area contributed by atoms with Crippen LogP contribution >= 0.6 is 11.8 Å². The molecule has 1 amide bonds. The number of hydrogen-bond donors (Lipinski definition) is 0. The first-order valence-corrected chi connectivity index (χ1v) is 7.91. The van der Waals surface area contributed by atoms with Gasteiger partial charge in [0.25, 0.3) is 0 Å². The van der Waals surface area contributed by atoms with E-state index in [1.165, 1.54) is 0 Å². The minimum atomic E-state index is -0.121. The Hall–Kier alpha value is -1.75. The van der Waals surface area contributed by atoms with Crippen LogP contribution in [0.25, 0.3) is 0 Å². The van der Waals surface area contributed by atoms with Crippen LogP contribution in [0.3, 0.4) is 0 Å². The van der Waals surface area contributed by atoms with Crippen LogP contribution in [0.1, 0.15) is 23.9 Å². The molecule has 1 atom stereocenters. The molecule has 21 heavy (non-hydrogen) atoms. The Labute approximate surface area is 129 Å². The molecule has 0 saturated carbocycles. The van der Waals surface area contributed by atoms with Crippen LogP contribution in [0.4, 0.5) is 5.69 Å². The third-order valence-electron chi connectivity index (χ3n) is 3.48. The van der Waals surface area contributed by atoms with Crippen molar-refractivity contribution >= 4 is 23.4 Å². The number of carbonyl (C=O) groups is 1. The molecule has 0 unspecified atom stereocenters. The summed E-state index contributed by atoms with van der Waals surface area (Å²) >= 11 is 1.60. The quantitative estimate of drug-likeness (QED) is 0.847. The molecule has 0 aliphatic carbocycles. The summed E-state index contributed by atoms with van der Waals surface area (Å²) in [4.78, 5) is 14.1. The minimum absolute atomic E-state index is 0.0953. The zero-order valence-electron chi connectivity index (χ0n) is 12.8. The van der Waals surface area contributed by atoms with Gasteiger partial charge in [-0.2, -0.15) is 0 Å². The summed E-state index contributed by atoms with van der Waals surface area (Å²) < 4.78 is 5.15. The van der Waals surface area contributed by atoms with Gasteiger partial charge in [-0.05, 0) is 32.9 Å². The SMILES string of the molecule is Cc1noc(C)c1CS[C@@H](C)C(=O)N(C)c1ccccc1. The fraction of sp³-hybridized carbons (Fsp3) is 0.375. The molecule has 0 spiro atoms. The van der Waals surface area contributed by atoms with Crippen molar-refractivity contribution in [3.63, 3.8) is 0 Å². The number of amides is 1. The second kappa shape index (κ2) is 6.80.